The number of hydrogen-bond acceptors (Lipinski definition) is 5. The summed E-state index contributed by atoms with van der Waals surface area (Å²) in [7, 11) is 1.94. The van der Waals surface area contributed by atoms with Crippen LogP contribution in [0, 0.1) is 0 Å². The molecule has 2 rings (SSSR count). The van der Waals surface area contributed by atoms with Crippen LogP contribution < -0.4 is 14.8 Å². The van der Waals surface area contributed by atoms with Gasteiger partial charge < -0.3 is 14.8 Å². The first kappa shape index (κ1) is 15.8. The summed E-state index contributed by atoms with van der Waals surface area (Å²) in [5.74, 6) is 1.59. The molecule has 1 aromatic carbocycles. The smallest absolute Gasteiger partial charge is 0.161 e. The SMILES string of the molecule is CCCOc1ccc(-c2ncc(CNC)s2)cc1OCC. The van der Waals surface area contributed by atoms with E-state index >= 15 is 0 Å². The molecule has 0 fully saturated rings. The van der Waals surface area contributed by atoms with Gasteiger partial charge in [-0.25, -0.2) is 4.98 Å². The standard InChI is InChI=1S/C16H22N2O2S/c1-4-8-20-14-7-6-12(9-15(14)19-5-2)16-18-11-13(21-16)10-17-3/h6-7,9,11,17H,4-5,8,10H2,1-3H3. The van der Waals surface area contributed by atoms with Crippen LogP contribution >= 0.6 is 11.3 Å². The average Bonchev–Trinajstić information content (AvgIpc) is 2.95. The summed E-state index contributed by atoms with van der Waals surface area (Å²) in [6.45, 7) is 6.23. The molecule has 2 aromatic rings. The normalized spacial score (nSPS) is 10.6. The molecule has 0 aliphatic carbocycles. The Hall–Kier alpha value is -1.59. The predicted molar refractivity (Wildman–Crippen MR) is 87.3 cm³/mol. The third-order valence-electron chi connectivity index (χ3n) is 2.86. The molecular formula is C16H22N2O2S. The lowest BCUT2D eigenvalue weighted by Crippen LogP contribution is -2.02. The minimum Gasteiger partial charge on any atom is -0.490 e. The fraction of sp³-hybridized carbons (Fsp3) is 0.438. The number of ether oxygens (including phenoxy) is 2. The van der Waals surface area contributed by atoms with Crippen LogP contribution in [0.1, 0.15) is 25.1 Å². The van der Waals surface area contributed by atoms with Gasteiger partial charge in [0.25, 0.3) is 0 Å². The van der Waals surface area contributed by atoms with Gasteiger partial charge in [0.1, 0.15) is 5.01 Å². The maximum atomic E-state index is 5.72. The van der Waals surface area contributed by atoms with Crippen molar-refractivity contribution in [2.24, 2.45) is 0 Å². The fourth-order valence-electron chi connectivity index (χ4n) is 1.94. The number of aromatic nitrogens is 1. The molecule has 0 radical (unpaired) electrons. The second kappa shape index (κ2) is 8.00. The summed E-state index contributed by atoms with van der Waals surface area (Å²) >= 11 is 1.69. The summed E-state index contributed by atoms with van der Waals surface area (Å²) in [4.78, 5) is 5.70. The van der Waals surface area contributed by atoms with Gasteiger partial charge in [-0.2, -0.15) is 0 Å². The highest BCUT2D eigenvalue weighted by atomic mass is 32.1. The van der Waals surface area contributed by atoms with Crippen molar-refractivity contribution in [2.45, 2.75) is 26.8 Å². The van der Waals surface area contributed by atoms with Gasteiger partial charge in [0, 0.05) is 23.2 Å². The average molecular weight is 306 g/mol. The van der Waals surface area contributed by atoms with Gasteiger partial charge in [-0.05, 0) is 38.6 Å². The van der Waals surface area contributed by atoms with Gasteiger partial charge >= 0.3 is 0 Å². The van der Waals surface area contributed by atoms with E-state index in [0.717, 1.165) is 35.0 Å². The zero-order valence-electron chi connectivity index (χ0n) is 12.8. The highest BCUT2D eigenvalue weighted by Crippen LogP contribution is 2.34. The van der Waals surface area contributed by atoms with Crippen LogP contribution in [0.15, 0.2) is 24.4 Å². The lowest BCUT2D eigenvalue weighted by atomic mass is 10.2. The van der Waals surface area contributed by atoms with E-state index in [1.807, 2.05) is 38.4 Å². The van der Waals surface area contributed by atoms with Crippen LogP contribution in [0.5, 0.6) is 11.5 Å². The number of nitrogens with one attached hydrogen (secondary N) is 1. The summed E-state index contributed by atoms with van der Waals surface area (Å²) in [6, 6.07) is 6.01. The van der Waals surface area contributed by atoms with Gasteiger partial charge in [-0.3, -0.25) is 0 Å². The quantitative estimate of drug-likeness (QED) is 0.807. The molecule has 4 nitrogen and oxygen atoms in total. The van der Waals surface area contributed by atoms with Crippen molar-refractivity contribution >= 4 is 11.3 Å². The van der Waals surface area contributed by atoms with Crippen LogP contribution in [0.3, 0.4) is 0 Å². The maximum absolute atomic E-state index is 5.72. The van der Waals surface area contributed by atoms with E-state index in [-0.39, 0.29) is 0 Å². The van der Waals surface area contributed by atoms with Gasteiger partial charge in [-0.15, -0.1) is 11.3 Å². The topological polar surface area (TPSA) is 43.4 Å². The van der Waals surface area contributed by atoms with Crippen molar-refractivity contribution < 1.29 is 9.47 Å². The number of thiazole rings is 1. The minimum absolute atomic E-state index is 0.620. The van der Waals surface area contributed by atoms with E-state index < -0.39 is 0 Å². The largest absolute Gasteiger partial charge is 0.490 e. The highest BCUT2D eigenvalue weighted by Gasteiger charge is 2.10. The van der Waals surface area contributed by atoms with Crippen LogP contribution in [-0.4, -0.2) is 25.2 Å². The number of rotatable bonds is 8. The van der Waals surface area contributed by atoms with E-state index in [2.05, 4.69) is 17.2 Å². The van der Waals surface area contributed by atoms with E-state index in [9.17, 15) is 0 Å². The lowest BCUT2D eigenvalue weighted by Gasteiger charge is -2.12. The first-order chi connectivity index (χ1) is 10.3. The Kier molecular flexibility index (Phi) is 6.02. The number of benzene rings is 1. The summed E-state index contributed by atoms with van der Waals surface area (Å²) in [5, 5.41) is 4.14. The molecule has 1 aromatic heterocycles. The Bertz CT molecular complexity index is 569. The summed E-state index contributed by atoms with van der Waals surface area (Å²) < 4.78 is 11.4. The molecule has 1 N–H and O–H groups in total. The molecule has 0 unspecified atom stereocenters. The Balaban J connectivity index is 2.24. The molecule has 0 amide bonds. The molecule has 21 heavy (non-hydrogen) atoms. The molecule has 0 atom stereocenters. The van der Waals surface area contributed by atoms with Gasteiger partial charge in [-0.1, -0.05) is 6.92 Å². The van der Waals surface area contributed by atoms with E-state index in [1.165, 1.54) is 4.88 Å². The van der Waals surface area contributed by atoms with Gasteiger partial charge in [0.05, 0.1) is 13.2 Å². The maximum Gasteiger partial charge on any atom is 0.161 e. The highest BCUT2D eigenvalue weighted by molar-refractivity contribution is 7.15. The molecule has 0 aliphatic heterocycles. The van der Waals surface area contributed by atoms with Crippen LogP contribution in [0.2, 0.25) is 0 Å². The van der Waals surface area contributed by atoms with E-state index in [1.54, 1.807) is 11.3 Å². The lowest BCUT2D eigenvalue weighted by molar-refractivity contribution is 0.277. The Morgan fingerprint density at radius 1 is 1.19 bits per heavy atom. The molecule has 1 heterocycles. The van der Waals surface area contributed by atoms with Crippen molar-refractivity contribution in [3.63, 3.8) is 0 Å². The van der Waals surface area contributed by atoms with Crippen molar-refractivity contribution in [1.82, 2.24) is 10.3 Å². The third-order valence-corrected chi connectivity index (χ3v) is 3.90. The molecule has 0 saturated heterocycles. The Labute approximate surface area is 130 Å². The Morgan fingerprint density at radius 2 is 2.05 bits per heavy atom. The predicted octanol–water partition coefficient (Wildman–Crippen LogP) is 3.72. The molecule has 114 valence electrons. The van der Waals surface area contributed by atoms with Crippen molar-refractivity contribution in [3.05, 3.63) is 29.3 Å². The zero-order valence-corrected chi connectivity index (χ0v) is 13.6. The fourth-order valence-corrected chi connectivity index (χ4v) is 2.86. The molecule has 0 aliphatic rings. The second-order valence-corrected chi connectivity index (χ2v) is 5.72. The van der Waals surface area contributed by atoms with Crippen LogP contribution in [0.4, 0.5) is 0 Å². The number of hydrogen-bond donors (Lipinski definition) is 1. The van der Waals surface area contributed by atoms with Gasteiger partial charge in [0.15, 0.2) is 11.5 Å². The molecule has 0 bridgehead atoms. The van der Waals surface area contributed by atoms with Crippen molar-refractivity contribution in [1.29, 1.82) is 0 Å². The zero-order chi connectivity index (χ0) is 15.1. The molecule has 0 saturated carbocycles. The first-order valence-corrected chi connectivity index (χ1v) is 8.09. The Morgan fingerprint density at radius 3 is 2.76 bits per heavy atom. The van der Waals surface area contributed by atoms with Gasteiger partial charge in [0.2, 0.25) is 0 Å². The van der Waals surface area contributed by atoms with E-state index in [0.29, 0.717) is 13.2 Å². The third kappa shape index (κ3) is 4.19. The van der Waals surface area contributed by atoms with Crippen LogP contribution in [-0.2, 0) is 6.54 Å². The minimum atomic E-state index is 0.620. The molecular weight excluding hydrogens is 284 g/mol. The second-order valence-electron chi connectivity index (χ2n) is 4.61. The molecule has 0 spiro atoms. The monoisotopic (exact) mass is 306 g/mol. The van der Waals surface area contributed by atoms with Crippen molar-refractivity contribution in [3.8, 4) is 22.1 Å². The first-order valence-electron chi connectivity index (χ1n) is 7.27. The number of nitrogens with zero attached hydrogens (tertiary/aromatic N) is 1. The summed E-state index contributed by atoms with van der Waals surface area (Å²) in [5.41, 5.74) is 1.06. The van der Waals surface area contributed by atoms with E-state index in [4.69, 9.17) is 9.47 Å². The van der Waals surface area contributed by atoms with Crippen LogP contribution in [0.25, 0.3) is 10.6 Å². The molecule has 5 heteroatoms. The summed E-state index contributed by atoms with van der Waals surface area (Å²) in [6.07, 6.45) is 2.89. The van der Waals surface area contributed by atoms with Crippen molar-refractivity contribution in [2.75, 3.05) is 20.3 Å².